The van der Waals surface area contributed by atoms with Gasteiger partial charge in [0.15, 0.2) is 0 Å². The Morgan fingerprint density at radius 3 is 2.62 bits per heavy atom. The molecule has 0 saturated carbocycles. The van der Waals surface area contributed by atoms with Gasteiger partial charge in [0.05, 0.1) is 4.92 Å². The summed E-state index contributed by atoms with van der Waals surface area (Å²) in [4.78, 5) is 19.0. The van der Waals surface area contributed by atoms with Crippen molar-refractivity contribution >= 4 is 17.5 Å². The van der Waals surface area contributed by atoms with E-state index < -0.39 is 4.92 Å². The van der Waals surface area contributed by atoms with Gasteiger partial charge in [0, 0.05) is 26.8 Å². The number of ether oxygens (including phenoxy) is 1. The fourth-order valence-electron chi connectivity index (χ4n) is 1.90. The van der Waals surface area contributed by atoms with E-state index in [1.165, 1.54) is 0 Å². The quantitative estimate of drug-likeness (QED) is 0.388. The van der Waals surface area contributed by atoms with E-state index in [0.717, 1.165) is 25.9 Å². The second kappa shape index (κ2) is 9.06. The van der Waals surface area contributed by atoms with E-state index in [9.17, 15) is 10.1 Å². The maximum absolute atomic E-state index is 11.1. The summed E-state index contributed by atoms with van der Waals surface area (Å²) in [5, 5.41) is 17.1. The Bertz CT molecular complexity index is 467. The van der Waals surface area contributed by atoms with Crippen molar-refractivity contribution in [2.75, 3.05) is 37.4 Å². The number of rotatable bonds is 10. The van der Waals surface area contributed by atoms with Gasteiger partial charge in [-0.1, -0.05) is 0 Å². The molecule has 1 heterocycles. The maximum atomic E-state index is 11.1. The summed E-state index contributed by atoms with van der Waals surface area (Å²) in [6, 6.07) is 0. The molecule has 21 heavy (non-hydrogen) atoms. The Hall–Kier alpha value is -1.96. The molecule has 0 aliphatic heterocycles. The van der Waals surface area contributed by atoms with Gasteiger partial charge in [-0.3, -0.25) is 10.1 Å². The SMILES string of the molecule is CCNc1nc(C)c([N+](=O)[O-])c(NCCCCCOC)n1. The van der Waals surface area contributed by atoms with E-state index in [4.69, 9.17) is 4.74 Å². The normalized spacial score (nSPS) is 10.4. The summed E-state index contributed by atoms with van der Waals surface area (Å²) in [6.45, 7) is 5.56. The summed E-state index contributed by atoms with van der Waals surface area (Å²) < 4.78 is 4.98. The van der Waals surface area contributed by atoms with Crippen LogP contribution >= 0.6 is 0 Å². The zero-order valence-electron chi connectivity index (χ0n) is 12.8. The van der Waals surface area contributed by atoms with E-state index in [2.05, 4.69) is 20.6 Å². The number of nitro groups is 1. The van der Waals surface area contributed by atoms with Crippen LogP contribution in [0.1, 0.15) is 31.9 Å². The predicted octanol–water partition coefficient (Wildman–Crippen LogP) is 2.35. The van der Waals surface area contributed by atoms with Crippen LogP contribution in [0.25, 0.3) is 0 Å². The van der Waals surface area contributed by atoms with Crippen LogP contribution in [0, 0.1) is 17.0 Å². The third-order valence-electron chi connectivity index (χ3n) is 2.89. The van der Waals surface area contributed by atoms with Gasteiger partial charge < -0.3 is 15.4 Å². The van der Waals surface area contributed by atoms with Crippen LogP contribution < -0.4 is 10.6 Å². The highest BCUT2D eigenvalue weighted by Crippen LogP contribution is 2.26. The van der Waals surface area contributed by atoms with Crippen molar-refractivity contribution in [3.05, 3.63) is 15.8 Å². The molecule has 0 saturated heterocycles. The van der Waals surface area contributed by atoms with Crippen LogP contribution in [0.3, 0.4) is 0 Å². The van der Waals surface area contributed by atoms with E-state index in [1.54, 1.807) is 14.0 Å². The van der Waals surface area contributed by atoms with Crippen LogP contribution in [-0.2, 0) is 4.74 Å². The van der Waals surface area contributed by atoms with Crippen molar-refractivity contribution < 1.29 is 9.66 Å². The first-order valence-corrected chi connectivity index (χ1v) is 7.09. The van der Waals surface area contributed by atoms with Gasteiger partial charge in [0.1, 0.15) is 5.69 Å². The molecule has 118 valence electrons. The first-order chi connectivity index (χ1) is 10.1. The second-order valence-electron chi connectivity index (χ2n) is 4.60. The largest absolute Gasteiger partial charge is 0.385 e. The van der Waals surface area contributed by atoms with E-state index in [1.807, 2.05) is 6.92 Å². The second-order valence-corrected chi connectivity index (χ2v) is 4.60. The Morgan fingerprint density at radius 2 is 2.00 bits per heavy atom. The van der Waals surface area contributed by atoms with E-state index in [0.29, 0.717) is 24.7 Å². The van der Waals surface area contributed by atoms with Crippen molar-refractivity contribution in [1.29, 1.82) is 0 Å². The van der Waals surface area contributed by atoms with Crippen molar-refractivity contribution in [3.63, 3.8) is 0 Å². The molecule has 0 fully saturated rings. The lowest BCUT2D eigenvalue weighted by Gasteiger charge is -2.10. The van der Waals surface area contributed by atoms with Crippen molar-refractivity contribution in [3.8, 4) is 0 Å². The van der Waals surface area contributed by atoms with Gasteiger partial charge in [-0.15, -0.1) is 0 Å². The number of nitrogens with zero attached hydrogens (tertiary/aromatic N) is 3. The first kappa shape index (κ1) is 17.1. The van der Waals surface area contributed by atoms with Crippen LogP contribution in [0.2, 0.25) is 0 Å². The number of hydrogen-bond acceptors (Lipinski definition) is 7. The number of nitrogens with one attached hydrogen (secondary N) is 2. The molecular weight excluding hydrogens is 274 g/mol. The van der Waals surface area contributed by atoms with Gasteiger partial charge in [-0.25, -0.2) is 4.98 Å². The summed E-state index contributed by atoms with van der Waals surface area (Å²) in [5.74, 6) is 0.678. The predicted molar refractivity (Wildman–Crippen MR) is 81.8 cm³/mol. The molecule has 0 bridgehead atoms. The minimum absolute atomic E-state index is 0.0615. The molecule has 0 atom stereocenters. The first-order valence-electron chi connectivity index (χ1n) is 7.09. The Kier molecular flexibility index (Phi) is 7.38. The molecule has 0 spiro atoms. The van der Waals surface area contributed by atoms with E-state index >= 15 is 0 Å². The zero-order chi connectivity index (χ0) is 15.7. The summed E-state index contributed by atoms with van der Waals surface area (Å²) in [7, 11) is 1.67. The fraction of sp³-hybridized carbons (Fsp3) is 0.692. The topological polar surface area (TPSA) is 102 Å². The Balaban J connectivity index is 2.71. The van der Waals surface area contributed by atoms with Crippen LogP contribution in [0.4, 0.5) is 17.5 Å². The molecule has 2 N–H and O–H groups in total. The van der Waals surface area contributed by atoms with Gasteiger partial charge in [0.2, 0.25) is 11.8 Å². The van der Waals surface area contributed by atoms with Crippen LogP contribution in [0.15, 0.2) is 0 Å². The zero-order valence-corrected chi connectivity index (χ0v) is 12.8. The van der Waals surface area contributed by atoms with Crippen molar-refractivity contribution in [2.45, 2.75) is 33.1 Å². The van der Waals surface area contributed by atoms with Crippen LogP contribution in [-0.4, -0.2) is 41.7 Å². The lowest BCUT2D eigenvalue weighted by atomic mass is 10.2. The maximum Gasteiger partial charge on any atom is 0.332 e. The number of unbranched alkanes of at least 4 members (excludes halogenated alkanes) is 2. The molecular formula is C13H23N5O3. The lowest BCUT2D eigenvalue weighted by Crippen LogP contribution is -2.12. The number of anilines is 2. The molecule has 8 nitrogen and oxygen atoms in total. The highest BCUT2D eigenvalue weighted by Gasteiger charge is 2.21. The number of aryl methyl sites for hydroxylation is 1. The number of hydrogen-bond donors (Lipinski definition) is 2. The average Bonchev–Trinajstić information content (AvgIpc) is 2.42. The standard InChI is InChI=1S/C13H23N5O3/c1-4-14-13-16-10(2)11(18(19)20)12(17-13)15-8-6-5-7-9-21-3/h4-9H2,1-3H3,(H2,14,15,16,17). The third-order valence-corrected chi connectivity index (χ3v) is 2.89. The molecule has 8 heteroatoms. The fourth-order valence-corrected chi connectivity index (χ4v) is 1.90. The molecule has 0 amide bonds. The Labute approximate surface area is 124 Å². The monoisotopic (exact) mass is 297 g/mol. The lowest BCUT2D eigenvalue weighted by molar-refractivity contribution is -0.385. The molecule has 0 aliphatic carbocycles. The highest BCUT2D eigenvalue weighted by molar-refractivity contribution is 5.60. The molecule has 0 unspecified atom stereocenters. The molecule has 0 radical (unpaired) electrons. The van der Waals surface area contributed by atoms with Gasteiger partial charge >= 0.3 is 5.69 Å². The molecule has 1 aromatic heterocycles. The summed E-state index contributed by atoms with van der Waals surface area (Å²) in [6.07, 6.45) is 2.88. The molecule has 1 rings (SSSR count). The number of aromatic nitrogens is 2. The van der Waals surface area contributed by atoms with Crippen molar-refractivity contribution in [2.24, 2.45) is 0 Å². The van der Waals surface area contributed by atoms with E-state index in [-0.39, 0.29) is 11.5 Å². The van der Waals surface area contributed by atoms with Gasteiger partial charge in [-0.05, 0) is 33.1 Å². The molecule has 0 aliphatic rings. The molecule has 0 aromatic carbocycles. The van der Waals surface area contributed by atoms with Crippen LogP contribution in [0.5, 0.6) is 0 Å². The number of methoxy groups -OCH3 is 1. The summed E-state index contributed by atoms with van der Waals surface area (Å²) in [5.41, 5.74) is 0.293. The third kappa shape index (κ3) is 5.50. The van der Waals surface area contributed by atoms with Gasteiger partial charge in [-0.2, -0.15) is 4.98 Å². The highest BCUT2D eigenvalue weighted by atomic mass is 16.6. The minimum atomic E-state index is -0.446. The molecule has 1 aromatic rings. The van der Waals surface area contributed by atoms with Gasteiger partial charge in [0.25, 0.3) is 0 Å². The average molecular weight is 297 g/mol. The minimum Gasteiger partial charge on any atom is -0.385 e. The smallest absolute Gasteiger partial charge is 0.332 e. The summed E-state index contributed by atoms with van der Waals surface area (Å²) >= 11 is 0. The Morgan fingerprint density at radius 1 is 1.24 bits per heavy atom. The van der Waals surface area contributed by atoms with Crippen molar-refractivity contribution in [1.82, 2.24) is 9.97 Å².